The number of nitrogens with zero attached hydrogens (tertiary/aromatic N) is 3. The number of hydrazone groups is 1. The largest absolute Gasteiger partial charge is 0.457 e. The molecule has 1 atom stereocenters. The van der Waals surface area contributed by atoms with Crippen molar-refractivity contribution in [1.82, 2.24) is 10.4 Å². The molecule has 0 aliphatic carbocycles. The van der Waals surface area contributed by atoms with Gasteiger partial charge in [0.1, 0.15) is 22.5 Å². The van der Waals surface area contributed by atoms with Gasteiger partial charge in [0.05, 0.1) is 0 Å². The monoisotopic (exact) mass is 415 g/mol. The first-order valence-corrected chi connectivity index (χ1v) is 9.82. The lowest BCUT2D eigenvalue weighted by molar-refractivity contribution is 0.482. The van der Waals surface area contributed by atoms with E-state index >= 15 is 0 Å². The molecule has 6 nitrogen and oxygen atoms in total. The molecular weight excluding hydrogens is 398 g/mol. The molecule has 5 rings (SSSR count). The summed E-state index contributed by atoms with van der Waals surface area (Å²) in [5.74, 6) is 2.68. The lowest BCUT2D eigenvalue weighted by atomic mass is 9.94. The van der Waals surface area contributed by atoms with E-state index in [1.807, 2.05) is 83.8 Å². The topological polar surface area (TPSA) is 75.8 Å². The van der Waals surface area contributed by atoms with Crippen LogP contribution in [0.2, 0.25) is 0 Å². The number of benzene rings is 2. The zero-order chi connectivity index (χ0) is 20.5. The Hall–Kier alpha value is -3.77. The molecule has 0 fully saturated rings. The van der Waals surface area contributed by atoms with Crippen molar-refractivity contribution in [3.8, 4) is 11.5 Å². The maximum absolute atomic E-state index is 6.67. The van der Waals surface area contributed by atoms with E-state index in [9.17, 15) is 0 Å². The number of hydrogen-bond donors (Lipinski definition) is 2. The average molecular weight is 416 g/mol. The van der Waals surface area contributed by atoms with Crippen molar-refractivity contribution in [2.75, 3.05) is 4.90 Å². The van der Waals surface area contributed by atoms with Gasteiger partial charge < -0.3 is 10.5 Å². The van der Waals surface area contributed by atoms with Crippen LogP contribution in [-0.4, -0.2) is 17.0 Å². The van der Waals surface area contributed by atoms with Gasteiger partial charge in [0, 0.05) is 11.8 Å². The second-order valence-electron chi connectivity index (χ2n) is 6.82. The number of fused-ring (bicyclic) bond motifs is 1. The minimum atomic E-state index is -0.326. The minimum Gasteiger partial charge on any atom is -0.457 e. The average Bonchev–Trinajstić information content (AvgIpc) is 3.16. The summed E-state index contributed by atoms with van der Waals surface area (Å²) in [6, 6.07) is 23.2. The van der Waals surface area contributed by atoms with E-state index in [1.165, 1.54) is 0 Å². The molecule has 3 heterocycles. The number of hydrogen-bond acceptors (Lipinski definition) is 6. The highest BCUT2D eigenvalue weighted by Crippen LogP contribution is 2.38. The van der Waals surface area contributed by atoms with Crippen LogP contribution in [0.25, 0.3) is 5.57 Å². The summed E-state index contributed by atoms with van der Waals surface area (Å²) in [6.07, 6.45) is 3.29. The van der Waals surface area contributed by atoms with Gasteiger partial charge >= 0.3 is 0 Å². The number of pyridine rings is 1. The third-order valence-corrected chi connectivity index (χ3v) is 5.23. The molecule has 0 saturated carbocycles. The van der Waals surface area contributed by atoms with Crippen LogP contribution in [-0.2, 0) is 0 Å². The van der Waals surface area contributed by atoms with Gasteiger partial charge in [-0.1, -0.05) is 48.0 Å². The van der Waals surface area contributed by atoms with Gasteiger partial charge in [0.2, 0.25) is 0 Å². The number of nitrogens with two attached hydrogens (primary N) is 1. The maximum Gasteiger partial charge on any atom is 0.152 e. The maximum atomic E-state index is 6.67. The van der Waals surface area contributed by atoms with Crippen LogP contribution in [0.1, 0.15) is 5.56 Å². The molecule has 0 saturated heterocycles. The number of allylic oxidation sites excluding steroid dienone is 2. The van der Waals surface area contributed by atoms with Crippen molar-refractivity contribution in [3.05, 3.63) is 101 Å². The molecule has 0 amide bonds. The molecule has 148 valence electrons. The molecule has 0 bridgehead atoms. The minimum absolute atomic E-state index is 0.326. The molecule has 7 heteroatoms. The van der Waals surface area contributed by atoms with Gasteiger partial charge in [-0.15, -0.1) is 0 Å². The van der Waals surface area contributed by atoms with Gasteiger partial charge in [0.15, 0.2) is 12.0 Å². The van der Waals surface area contributed by atoms with E-state index in [0.29, 0.717) is 16.8 Å². The van der Waals surface area contributed by atoms with Crippen LogP contribution >= 0.6 is 11.6 Å². The third-order valence-electron chi connectivity index (χ3n) is 4.94. The Bertz CT molecular complexity index is 1160. The van der Waals surface area contributed by atoms with E-state index < -0.39 is 0 Å². The number of rotatable bonds is 4. The lowest BCUT2D eigenvalue weighted by Crippen LogP contribution is -2.44. The Morgan fingerprint density at radius 2 is 1.67 bits per heavy atom. The number of nitrogens with one attached hydrogen (secondary N) is 1. The summed E-state index contributed by atoms with van der Waals surface area (Å²) in [4.78, 5) is 6.29. The van der Waals surface area contributed by atoms with Crippen LogP contribution in [0.5, 0.6) is 11.5 Å². The van der Waals surface area contributed by atoms with E-state index in [2.05, 4.69) is 15.5 Å². The van der Waals surface area contributed by atoms with Crippen molar-refractivity contribution in [2.24, 2.45) is 10.8 Å². The standard InChI is InChI=1S/C23H18ClN5O/c24-19-14-18(15-9-11-17(12-10-15)30-16-6-2-1-3-7-16)21-22(25)27-28-23(21)29(19)20-8-4-5-13-26-20/h1-14,23,28H,(H2,25,27). The highest BCUT2D eigenvalue weighted by Gasteiger charge is 2.37. The molecule has 30 heavy (non-hydrogen) atoms. The first-order chi connectivity index (χ1) is 14.7. The fraction of sp³-hybridized carbons (Fsp3) is 0.0435. The van der Waals surface area contributed by atoms with Gasteiger partial charge in [0.25, 0.3) is 0 Å². The summed E-state index contributed by atoms with van der Waals surface area (Å²) >= 11 is 6.67. The predicted molar refractivity (Wildman–Crippen MR) is 119 cm³/mol. The van der Waals surface area contributed by atoms with E-state index in [4.69, 9.17) is 22.1 Å². The molecule has 2 aromatic carbocycles. The zero-order valence-corrected chi connectivity index (χ0v) is 16.6. The Morgan fingerprint density at radius 1 is 0.933 bits per heavy atom. The number of ether oxygens (including phenoxy) is 1. The van der Waals surface area contributed by atoms with Crippen LogP contribution in [0, 0.1) is 0 Å². The summed E-state index contributed by atoms with van der Waals surface area (Å²) in [5, 5.41) is 4.77. The van der Waals surface area contributed by atoms with Crippen molar-refractivity contribution in [3.63, 3.8) is 0 Å². The van der Waals surface area contributed by atoms with Gasteiger partial charge in [-0.2, -0.15) is 5.10 Å². The van der Waals surface area contributed by atoms with Crippen LogP contribution < -0.4 is 20.8 Å². The number of amidine groups is 1. The molecule has 1 aromatic heterocycles. The molecular formula is C23H18ClN5O. The van der Waals surface area contributed by atoms with E-state index in [1.54, 1.807) is 6.20 Å². The van der Waals surface area contributed by atoms with Gasteiger partial charge in [-0.05, 0) is 53.6 Å². The molecule has 0 radical (unpaired) electrons. The van der Waals surface area contributed by atoms with Gasteiger partial charge in [-0.3, -0.25) is 10.3 Å². The van der Waals surface area contributed by atoms with E-state index in [-0.39, 0.29) is 6.17 Å². The summed E-state index contributed by atoms with van der Waals surface area (Å²) in [7, 11) is 0. The Balaban J connectivity index is 1.49. The third kappa shape index (κ3) is 3.27. The number of para-hydroxylation sites is 1. The first-order valence-electron chi connectivity index (χ1n) is 9.45. The van der Waals surface area contributed by atoms with Crippen molar-refractivity contribution in [1.29, 1.82) is 0 Å². The van der Waals surface area contributed by atoms with Crippen molar-refractivity contribution >= 4 is 28.8 Å². The van der Waals surface area contributed by atoms with Crippen LogP contribution in [0.4, 0.5) is 5.82 Å². The van der Waals surface area contributed by atoms with Crippen molar-refractivity contribution in [2.45, 2.75) is 6.17 Å². The molecule has 0 spiro atoms. The van der Waals surface area contributed by atoms with Crippen LogP contribution in [0.3, 0.4) is 0 Å². The Morgan fingerprint density at radius 3 is 2.40 bits per heavy atom. The molecule has 3 N–H and O–H groups in total. The predicted octanol–water partition coefficient (Wildman–Crippen LogP) is 4.43. The lowest BCUT2D eigenvalue weighted by Gasteiger charge is -2.34. The fourth-order valence-corrected chi connectivity index (χ4v) is 3.85. The SMILES string of the molecule is NC1=NNC2C1=C(c1ccc(Oc3ccccc3)cc1)C=C(Cl)N2c1ccccn1. The Labute approximate surface area is 178 Å². The number of anilines is 1. The second kappa shape index (κ2) is 7.57. The second-order valence-corrected chi connectivity index (χ2v) is 7.21. The summed E-state index contributed by atoms with van der Waals surface area (Å²) < 4.78 is 5.89. The molecule has 3 aromatic rings. The van der Waals surface area contributed by atoms with E-state index in [0.717, 1.165) is 28.2 Å². The smallest absolute Gasteiger partial charge is 0.152 e. The quantitative estimate of drug-likeness (QED) is 0.616. The highest BCUT2D eigenvalue weighted by atomic mass is 35.5. The molecule has 2 aliphatic heterocycles. The zero-order valence-electron chi connectivity index (χ0n) is 15.9. The Kier molecular flexibility index (Phi) is 4.61. The van der Waals surface area contributed by atoms with Crippen molar-refractivity contribution < 1.29 is 4.74 Å². The molecule has 1 unspecified atom stereocenters. The van der Waals surface area contributed by atoms with Crippen LogP contribution in [0.15, 0.2) is 101 Å². The normalized spacial score (nSPS) is 17.8. The van der Waals surface area contributed by atoms with Gasteiger partial charge in [-0.25, -0.2) is 4.98 Å². The highest BCUT2D eigenvalue weighted by molar-refractivity contribution is 6.33. The first kappa shape index (κ1) is 18.3. The number of aromatic nitrogens is 1. The fourth-order valence-electron chi connectivity index (χ4n) is 3.56. The summed E-state index contributed by atoms with van der Waals surface area (Å²) in [5.41, 5.74) is 12.0. The molecule has 2 aliphatic rings. The number of halogens is 1. The summed E-state index contributed by atoms with van der Waals surface area (Å²) in [6.45, 7) is 0.